The number of alkyl halides is 3. The molecule has 0 amide bonds. The summed E-state index contributed by atoms with van der Waals surface area (Å²) < 4.78 is 40.8. The third-order valence-corrected chi connectivity index (χ3v) is 4.82. The molecule has 3 aromatic rings. The first-order chi connectivity index (χ1) is 15.8. The summed E-state index contributed by atoms with van der Waals surface area (Å²) in [5.41, 5.74) is -2.47. The molecule has 0 bridgehead atoms. The zero-order valence-electron chi connectivity index (χ0n) is 16.7. The molecule has 4 N–H and O–H groups in total. The molecule has 3 rings (SSSR count). The molecule has 9 nitrogen and oxygen atoms in total. The van der Waals surface area contributed by atoms with Gasteiger partial charge in [0, 0.05) is 10.8 Å². The molecule has 0 aliphatic rings. The quantitative estimate of drug-likeness (QED) is 0.392. The molecule has 0 atom stereocenters. The van der Waals surface area contributed by atoms with Gasteiger partial charge < -0.3 is 25.2 Å². The second-order valence-corrected chi connectivity index (χ2v) is 6.96. The summed E-state index contributed by atoms with van der Waals surface area (Å²) in [7, 11) is 0. The van der Waals surface area contributed by atoms with Crippen molar-refractivity contribution in [3.05, 3.63) is 75.8 Å². The number of fused-ring (bicyclic) bond motifs is 1. The standard InChI is InChI=1S/C22H13F3O9/c23-22(24,25)34-11-3-1-9(2-4-11)7-10-8-14(20(30)31)16-12(18(26)27)5-6-13(19(28)29)17(16)15(10)21(32)33/h1-6,8H,7H2,(H,26,27)(H,28,29)(H,30,31)(H,32,33). The van der Waals surface area contributed by atoms with Crippen molar-refractivity contribution >= 4 is 34.6 Å². The van der Waals surface area contributed by atoms with Gasteiger partial charge >= 0.3 is 30.2 Å². The minimum absolute atomic E-state index is 0.188. The molecule has 12 heteroatoms. The Hall–Kier alpha value is -4.61. The number of ether oxygens (including phenoxy) is 1. The maximum atomic E-state index is 12.4. The first-order valence-corrected chi connectivity index (χ1v) is 9.20. The highest BCUT2D eigenvalue weighted by atomic mass is 19.4. The van der Waals surface area contributed by atoms with E-state index in [1.807, 2.05) is 0 Å². The van der Waals surface area contributed by atoms with Crippen molar-refractivity contribution in [3.63, 3.8) is 0 Å². The van der Waals surface area contributed by atoms with Gasteiger partial charge in [-0.1, -0.05) is 12.1 Å². The molecule has 0 spiro atoms. The van der Waals surface area contributed by atoms with Crippen molar-refractivity contribution < 1.29 is 57.5 Å². The second-order valence-electron chi connectivity index (χ2n) is 6.96. The van der Waals surface area contributed by atoms with E-state index in [0.717, 1.165) is 30.3 Å². The van der Waals surface area contributed by atoms with Crippen LogP contribution in [0.2, 0.25) is 0 Å². The average Bonchev–Trinajstić information content (AvgIpc) is 2.71. The van der Waals surface area contributed by atoms with E-state index in [-0.39, 0.29) is 17.5 Å². The van der Waals surface area contributed by atoms with Crippen LogP contribution in [-0.2, 0) is 6.42 Å². The molecule has 3 aromatic carbocycles. The third kappa shape index (κ3) is 4.75. The highest BCUT2D eigenvalue weighted by Crippen LogP contribution is 2.34. The number of carboxylic acid groups (broad SMARTS) is 4. The average molecular weight is 478 g/mol. The molecule has 0 radical (unpaired) electrons. The fourth-order valence-corrected chi connectivity index (χ4v) is 3.56. The number of hydrogen-bond acceptors (Lipinski definition) is 5. The fraction of sp³-hybridized carbons (Fsp3) is 0.0909. The van der Waals surface area contributed by atoms with Crippen LogP contribution in [0, 0.1) is 0 Å². The van der Waals surface area contributed by atoms with Gasteiger partial charge in [0.1, 0.15) is 5.75 Å². The van der Waals surface area contributed by atoms with Crippen molar-refractivity contribution in [1.29, 1.82) is 0 Å². The number of aromatic carboxylic acids is 4. The van der Waals surface area contributed by atoms with E-state index in [0.29, 0.717) is 0 Å². The van der Waals surface area contributed by atoms with E-state index in [4.69, 9.17) is 0 Å². The van der Waals surface area contributed by atoms with E-state index < -0.39 is 69.0 Å². The van der Waals surface area contributed by atoms with Crippen molar-refractivity contribution in [1.82, 2.24) is 0 Å². The first-order valence-electron chi connectivity index (χ1n) is 9.20. The Morgan fingerprint density at radius 3 is 1.65 bits per heavy atom. The number of rotatable bonds is 7. The van der Waals surface area contributed by atoms with Gasteiger partial charge in [0.2, 0.25) is 0 Å². The van der Waals surface area contributed by atoms with Crippen LogP contribution in [0.5, 0.6) is 5.75 Å². The third-order valence-electron chi connectivity index (χ3n) is 4.82. The summed E-state index contributed by atoms with van der Waals surface area (Å²) in [5, 5.41) is 37.4. The predicted molar refractivity (Wildman–Crippen MR) is 108 cm³/mol. The Kier molecular flexibility index (Phi) is 6.17. The molecule has 0 aliphatic carbocycles. The topological polar surface area (TPSA) is 158 Å². The summed E-state index contributed by atoms with van der Waals surface area (Å²) in [6, 6.07) is 6.93. The largest absolute Gasteiger partial charge is 0.573 e. The summed E-state index contributed by atoms with van der Waals surface area (Å²) in [4.78, 5) is 47.5. The lowest BCUT2D eigenvalue weighted by atomic mass is 9.86. The van der Waals surface area contributed by atoms with Crippen LogP contribution in [0.3, 0.4) is 0 Å². The molecular weight excluding hydrogens is 465 g/mol. The summed E-state index contributed by atoms with van der Waals surface area (Å²) in [6.07, 6.45) is -5.25. The van der Waals surface area contributed by atoms with E-state index in [1.165, 1.54) is 12.1 Å². The molecule has 176 valence electrons. The predicted octanol–water partition coefficient (Wildman–Crippen LogP) is 4.12. The zero-order chi connectivity index (χ0) is 25.4. The number of halogens is 3. The molecule has 0 aliphatic heterocycles. The van der Waals surface area contributed by atoms with Crippen LogP contribution in [0.25, 0.3) is 10.8 Å². The minimum Gasteiger partial charge on any atom is -0.478 e. The van der Waals surface area contributed by atoms with Crippen LogP contribution in [-0.4, -0.2) is 50.7 Å². The Morgan fingerprint density at radius 2 is 1.21 bits per heavy atom. The smallest absolute Gasteiger partial charge is 0.478 e. The normalized spacial score (nSPS) is 11.3. The molecular formula is C22H13F3O9. The highest BCUT2D eigenvalue weighted by Gasteiger charge is 2.31. The maximum absolute atomic E-state index is 12.4. The Bertz CT molecular complexity index is 1340. The van der Waals surface area contributed by atoms with Gasteiger partial charge in [-0.3, -0.25) is 0 Å². The molecule has 0 unspecified atom stereocenters. The highest BCUT2D eigenvalue weighted by molar-refractivity contribution is 6.22. The molecule has 34 heavy (non-hydrogen) atoms. The number of hydrogen-bond donors (Lipinski definition) is 4. The molecule has 0 aromatic heterocycles. The molecule has 0 fully saturated rings. The lowest BCUT2D eigenvalue weighted by Crippen LogP contribution is -2.17. The van der Waals surface area contributed by atoms with Gasteiger partial charge in [-0.25, -0.2) is 19.2 Å². The van der Waals surface area contributed by atoms with Crippen LogP contribution in [0.1, 0.15) is 52.6 Å². The van der Waals surface area contributed by atoms with Gasteiger partial charge in [0.25, 0.3) is 0 Å². The fourth-order valence-electron chi connectivity index (χ4n) is 3.56. The van der Waals surface area contributed by atoms with E-state index in [1.54, 1.807) is 0 Å². The van der Waals surface area contributed by atoms with Gasteiger partial charge in [0.15, 0.2) is 0 Å². The van der Waals surface area contributed by atoms with Crippen LogP contribution in [0.15, 0.2) is 42.5 Å². The van der Waals surface area contributed by atoms with Crippen molar-refractivity contribution in [2.75, 3.05) is 0 Å². The summed E-state index contributed by atoms with van der Waals surface area (Å²) in [5.74, 6) is -7.06. The molecule has 0 heterocycles. The lowest BCUT2D eigenvalue weighted by molar-refractivity contribution is -0.274. The van der Waals surface area contributed by atoms with Crippen molar-refractivity contribution in [2.45, 2.75) is 12.8 Å². The van der Waals surface area contributed by atoms with Gasteiger partial charge in [-0.2, -0.15) is 0 Å². The summed E-state index contributed by atoms with van der Waals surface area (Å²) >= 11 is 0. The minimum atomic E-state index is -4.93. The Morgan fingerprint density at radius 1 is 0.706 bits per heavy atom. The van der Waals surface area contributed by atoms with Crippen LogP contribution < -0.4 is 4.74 Å². The number of benzene rings is 3. The zero-order valence-corrected chi connectivity index (χ0v) is 16.7. The first kappa shape index (κ1) is 24.0. The SMILES string of the molecule is O=C(O)c1ccc(C(=O)O)c2c(C(=O)O)c(Cc3ccc(OC(F)(F)F)cc3)cc(C(=O)O)c12. The van der Waals surface area contributed by atoms with Crippen LogP contribution >= 0.6 is 0 Å². The second kappa shape index (κ2) is 8.73. The van der Waals surface area contributed by atoms with E-state index >= 15 is 0 Å². The van der Waals surface area contributed by atoms with Crippen molar-refractivity contribution in [2.24, 2.45) is 0 Å². The van der Waals surface area contributed by atoms with Crippen molar-refractivity contribution in [3.8, 4) is 5.75 Å². The maximum Gasteiger partial charge on any atom is 0.573 e. The molecule has 0 saturated carbocycles. The molecule has 0 saturated heterocycles. The Labute approximate surface area is 187 Å². The van der Waals surface area contributed by atoms with Gasteiger partial charge in [-0.05, 0) is 47.9 Å². The monoisotopic (exact) mass is 478 g/mol. The number of carboxylic acids is 4. The van der Waals surface area contributed by atoms with Gasteiger partial charge in [0.05, 0.1) is 22.3 Å². The number of carbonyl (C=O) groups is 4. The van der Waals surface area contributed by atoms with Gasteiger partial charge in [-0.15, -0.1) is 13.2 Å². The Balaban J connectivity index is 2.31. The lowest BCUT2D eigenvalue weighted by Gasteiger charge is -2.16. The van der Waals surface area contributed by atoms with E-state index in [2.05, 4.69) is 4.74 Å². The van der Waals surface area contributed by atoms with E-state index in [9.17, 15) is 52.8 Å². The van der Waals surface area contributed by atoms with Crippen LogP contribution in [0.4, 0.5) is 13.2 Å². The summed E-state index contributed by atoms with van der Waals surface area (Å²) in [6.45, 7) is 0.